The number of aliphatic hydroxyl groups excluding tert-OH is 1. The van der Waals surface area contributed by atoms with Crippen molar-refractivity contribution in [3.05, 3.63) is 29.0 Å². The number of benzene rings is 1. The number of aryl methyl sites for hydroxylation is 1. The fourth-order valence-electron chi connectivity index (χ4n) is 2.70. The Hall–Kier alpha value is -1.14. The van der Waals surface area contributed by atoms with Crippen LogP contribution in [0, 0.1) is 5.92 Å². The van der Waals surface area contributed by atoms with E-state index in [-0.39, 0.29) is 6.04 Å². The molecule has 126 valence electrons. The highest BCUT2D eigenvalue weighted by molar-refractivity contribution is 6.31. The minimum absolute atomic E-state index is 0.0317. The quantitative estimate of drug-likeness (QED) is 0.777. The standard InChI is InChI=1S/C17H24ClN3O2/c1-11(19-8-14(22)10-23-9-12-3-4-12)17-20-15-7-13(18)5-6-16(15)21(17)2/h5-7,11-12,14,19,22H,3-4,8-10H2,1-2H3. The van der Waals surface area contributed by atoms with Gasteiger partial charge in [0.2, 0.25) is 0 Å². The van der Waals surface area contributed by atoms with Crippen LogP contribution < -0.4 is 5.32 Å². The summed E-state index contributed by atoms with van der Waals surface area (Å²) in [7, 11) is 1.99. The molecule has 1 aromatic heterocycles. The third kappa shape index (κ3) is 4.23. The van der Waals surface area contributed by atoms with Crippen molar-refractivity contribution in [1.82, 2.24) is 14.9 Å². The Bertz CT molecular complexity index is 669. The van der Waals surface area contributed by atoms with Crippen LogP contribution in [0.4, 0.5) is 0 Å². The number of fused-ring (bicyclic) bond motifs is 1. The molecule has 0 saturated heterocycles. The molecule has 6 heteroatoms. The summed E-state index contributed by atoms with van der Waals surface area (Å²) in [6.07, 6.45) is 2.03. The smallest absolute Gasteiger partial charge is 0.126 e. The summed E-state index contributed by atoms with van der Waals surface area (Å²) in [5, 5.41) is 14.0. The number of nitrogens with one attached hydrogen (secondary N) is 1. The van der Waals surface area contributed by atoms with Gasteiger partial charge in [0.1, 0.15) is 5.82 Å². The van der Waals surface area contributed by atoms with E-state index in [9.17, 15) is 5.11 Å². The third-order valence-electron chi connectivity index (χ3n) is 4.29. The molecular formula is C17H24ClN3O2. The van der Waals surface area contributed by atoms with Gasteiger partial charge in [-0.3, -0.25) is 0 Å². The van der Waals surface area contributed by atoms with Crippen LogP contribution in [0.1, 0.15) is 31.6 Å². The van der Waals surface area contributed by atoms with Crippen molar-refractivity contribution in [3.63, 3.8) is 0 Å². The molecule has 5 nitrogen and oxygen atoms in total. The molecule has 1 aromatic carbocycles. The van der Waals surface area contributed by atoms with Crippen molar-refractivity contribution in [1.29, 1.82) is 0 Å². The number of rotatable bonds is 8. The molecule has 1 aliphatic carbocycles. The predicted octanol–water partition coefficient (Wildman–Crippen LogP) is 2.66. The summed E-state index contributed by atoms with van der Waals surface area (Å²) < 4.78 is 7.57. The van der Waals surface area contributed by atoms with E-state index in [0.717, 1.165) is 29.4 Å². The van der Waals surface area contributed by atoms with Crippen LogP contribution in [0.15, 0.2) is 18.2 Å². The molecule has 1 heterocycles. The van der Waals surface area contributed by atoms with Gasteiger partial charge in [-0.05, 0) is 43.9 Å². The molecule has 0 aliphatic heterocycles. The highest BCUT2D eigenvalue weighted by Gasteiger charge is 2.22. The summed E-state index contributed by atoms with van der Waals surface area (Å²) in [6.45, 7) is 3.68. The molecule has 2 unspecified atom stereocenters. The van der Waals surface area contributed by atoms with Gasteiger partial charge in [-0.1, -0.05) is 11.6 Å². The maximum Gasteiger partial charge on any atom is 0.126 e. The lowest BCUT2D eigenvalue weighted by molar-refractivity contribution is 0.0313. The Morgan fingerprint density at radius 3 is 3.00 bits per heavy atom. The van der Waals surface area contributed by atoms with Crippen LogP contribution in [-0.2, 0) is 11.8 Å². The first kappa shape index (κ1) is 16.7. The van der Waals surface area contributed by atoms with Gasteiger partial charge in [0, 0.05) is 25.2 Å². The molecule has 2 N–H and O–H groups in total. The zero-order valence-corrected chi connectivity index (χ0v) is 14.4. The molecule has 1 fully saturated rings. The lowest BCUT2D eigenvalue weighted by Gasteiger charge is -2.17. The predicted molar refractivity (Wildman–Crippen MR) is 91.7 cm³/mol. The van der Waals surface area contributed by atoms with E-state index in [1.54, 1.807) is 0 Å². The summed E-state index contributed by atoms with van der Waals surface area (Å²) in [5.41, 5.74) is 1.93. The van der Waals surface area contributed by atoms with Crippen molar-refractivity contribution in [3.8, 4) is 0 Å². The van der Waals surface area contributed by atoms with Gasteiger partial charge in [0.25, 0.3) is 0 Å². The van der Waals surface area contributed by atoms with Crippen LogP contribution in [-0.4, -0.2) is 40.5 Å². The number of imidazole rings is 1. The van der Waals surface area contributed by atoms with Crippen molar-refractivity contribution in [2.75, 3.05) is 19.8 Å². The second-order valence-corrected chi connectivity index (χ2v) is 6.86. The summed E-state index contributed by atoms with van der Waals surface area (Å²) in [5.74, 6) is 1.65. The average Bonchev–Trinajstić information content (AvgIpc) is 3.28. The van der Waals surface area contributed by atoms with E-state index < -0.39 is 6.10 Å². The van der Waals surface area contributed by atoms with E-state index >= 15 is 0 Å². The van der Waals surface area contributed by atoms with Gasteiger partial charge >= 0.3 is 0 Å². The Kier molecular flexibility index (Phi) is 5.21. The van der Waals surface area contributed by atoms with Crippen molar-refractivity contribution in [2.24, 2.45) is 13.0 Å². The Morgan fingerprint density at radius 2 is 2.26 bits per heavy atom. The molecule has 1 saturated carbocycles. The van der Waals surface area contributed by atoms with Gasteiger partial charge in [-0.15, -0.1) is 0 Å². The van der Waals surface area contributed by atoms with Crippen LogP contribution in [0.3, 0.4) is 0 Å². The summed E-state index contributed by atoms with van der Waals surface area (Å²) in [6, 6.07) is 5.74. The first-order chi connectivity index (χ1) is 11.0. The highest BCUT2D eigenvalue weighted by atomic mass is 35.5. The van der Waals surface area contributed by atoms with Crippen LogP contribution in [0.25, 0.3) is 11.0 Å². The lowest BCUT2D eigenvalue weighted by atomic mass is 10.3. The first-order valence-electron chi connectivity index (χ1n) is 8.15. The van der Waals surface area contributed by atoms with Crippen LogP contribution in [0.5, 0.6) is 0 Å². The summed E-state index contributed by atoms with van der Waals surface area (Å²) >= 11 is 6.03. The minimum Gasteiger partial charge on any atom is -0.389 e. The zero-order chi connectivity index (χ0) is 16.4. The molecule has 0 bridgehead atoms. The molecule has 0 amide bonds. The average molecular weight is 338 g/mol. The maximum absolute atomic E-state index is 9.99. The van der Waals surface area contributed by atoms with E-state index in [2.05, 4.69) is 14.9 Å². The molecule has 23 heavy (non-hydrogen) atoms. The number of nitrogens with zero attached hydrogens (tertiary/aromatic N) is 2. The molecule has 2 aromatic rings. The van der Waals surface area contributed by atoms with Gasteiger partial charge in [-0.25, -0.2) is 4.98 Å². The number of halogens is 1. The fourth-order valence-corrected chi connectivity index (χ4v) is 2.86. The summed E-state index contributed by atoms with van der Waals surface area (Å²) in [4.78, 5) is 4.65. The Morgan fingerprint density at radius 1 is 1.48 bits per heavy atom. The second-order valence-electron chi connectivity index (χ2n) is 6.43. The SMILES string of the molecule is CC(NCC(O)COCC1CC1)c1nc2cc(Cl)ccc2n1C. The molecule has 0 spiro atoms. The number of aromatic nitrogens is 2. The molecular weight excluding hydrogens is 314 g/mol. The fraction of sp³-hybridized carbons (Fsp3) is 0.588. The normalized spacial score (nSPS) is 17.6. The van der Waals surface area contributed by atoms with E-state index in [4.69, 9.17) is 16.3 Å². The maximum atomic E-state index is 9.99. The second kappa shape index (κ2) is 7.18. The number of aliphatic hydroxyl groups is 1. The number of ether oxygens (including phenoxy) is 1. The lowest BCUT2D eigenvalue weighted by Crippen LogP contribution is -2.33. The van der Waals surface area contributed by atoms with Gasteiger partial charge in [-0.2, -0.15) is 0 Å². The Labute approximate surface area is 141 Å². The number of hydrogen-bond donors (Lipinski definition) is 2. The molecule has 3 rings (SSSR count). The first-order valence-corrected chi connectivity index (χ1v) is 8.53. The van der Waals surface area contributed by atoms with Crippen molar-refractivity contribution < 1.29 is 9.84 Å². The Balaban J connectivity index is 1.54. The van der Waals surface area contributed by atoms with Crippen LogP contribution >= 0.6 is 11.6 Å². The van der Waals surface area contributed by atoms with Crippen molar-refractivity contribution >= 4 is 22.6 Å². The van der Waals surface area contributed by atoms with Crippen molar-refractivity contribution in [2.45, 2.75) is 31.9 Å². The molecule has 1 aliphatic rings. The topological polar surface area (TPSA) is 59.3 Å². The third-order valence-corrected chi connectivity index (χ3v) is 4.52. The minimum atomic E-state index is -0.500. The van der Waals surface area contributed by atoms with Crippen LogP contribution in [0.2, 0.25) is 5.02 Å². The monoisotopic (exact) mass is 337 g/mol. The van der Waals surface area contributed by atoms with E-state index in [1.807, 2.05) is 32.2 Å². The zero-order valence-electron chi connectivity index (χ0n) is 13.6. The van der Waals surface area contributed by atoms with Gasteiger partial charge in [0.05, 0.1) is 29.8 Å². The van der Waals surface area contributed by atoms with Gasteiger partial charge in [0.15, 0.2) is 0 Å². The van der Waals surface area contributed by atoms with E-state index in [0.29, 0.717) is 18.2 Å². The van der Waals surface area contributed by atoms with Gasteiger partial charge < -0.3 is 19.7 Å². The number of hydrogen-bond acceptors (Lipinski definition) is 4. The largest absolute Gasteiger partial charge is 0.389 e. The van der Waals surface area contributed by atoms with E-state index in [1.165, 1.54) is 12.8 Å². The molecule has 2 atom stereocenters. The molecule has 0 radical (unpaired) electrons. The highest BCUT2D eigenvalue weighted by Crippen LogP contribution is 2.28.